The van der Waals surface area contributed by atoms with Gasteiger partial charge in [-0.1, -0.05) is 6.07 Å². The van der Waals surface area contributed by atoms with Gasteiger partial charge in [-0.05, 0) is 34.1 Å². The molecule has 0 spiro atoms. The van der Waals surface area contributed by atoms with Gasteiger partial charge in [-0.15, -0.1) is 0 Å². The summed E-state index contributed by atoms with van der Waals surface area (Å²) in [7, 11) is 0. The molecule has 2 rings (SSSR count). The fourth-order valence-electron chi connectivity index (χ4n) is 1.24. The number of esters is 1. The van der Waals surface area contributed by atoms with Crippen LogP contribution in [0.5, 0.6) is 5.75 Å². The monoisotopic (exact) mass is 311 g/mol. The standard InChI is InChI=1S/C11H6BrNO5/c12-10-5-4-9(18-10)11(14)17-8-3-1-2-7(6-8)13(15)16/h1-6H. The molecule has 18 heavy (non-hydrogen) atoms. The topological polar surface area (TPSA) is 82.6 Å². The largest absolute Gasteiger partial charge is 0.442 e. The molecular weight excluding hydrogens is 306 g/mol. The van der Waals surface area contributed by atoms with Gasteiger partial charge in [0.25, 0.3) is 5.69 Å². The molecule has 2 aromatic rings. The lowest BCUT2D eigenvalue weighted by Gasteiger charge is -2.01. The number of hydrogen-bond acceptors (Lipinski definition) is 5. The number of ether oxygens (including phenoxy) is 1. The molecule has 0 aliphatic rings. The van der Waals surface area contributed by atoms with Crippen LogP contribution in [0.4, 0.5) is 5.69 Å². The van der Waals surface area contributed by atoms with Crippen LogP contribution < -0.4 is 4.74 Å². The summed E-state index contributed by atoms with van der Waals surface area (Å²) in [4.78, 5) is 21.6. The first-order valence-electron chi connectivity index (χ1n) is 4.78. The lowest BCUT2D eigenvalue weighted by molar-refractivity contribution is -0.384. The van der Waals surface area contributed by atoms with Crippen molar-refractivity contribution in [2.45, 2.75) is 0 Å². The predicted molar refractivity (Wildman–Crippen MR) is 64.5 cm³/mol. The molecule has 1 aromatic heterocycles. The number of nitro groups is 1. The second-order valence-electron chi connectivity index (χ2n) is 3.25. The molecule has 0 amide bonds. The van der Waals surface area contributed by atoms with Crippen molar-refractivity contribution in [2.75, 3.05) is 0 Å². The quantitative estimate of drug-likeness (QED) is 0.376. The van der Waals surface area contributed by atoms with Crippen LogP contribution >= 0.6 is 15.9 Å². The smallest absolute Gasteiger partial charge is 0.379 e. The molecule has 92 valence electrons. The Balaban J connectivity index is 2.16. The first kappa shape index (κ1) is 12.3. The summed E-state index contributed by atoms with van der Waals surface area (Å²) in [5, 5.41) is 10.6. The van der Waals surface area contributed by atoms with E-state index in [0.717, 1.165) is 6.07 Å². The number of halogens is 1. The predicted octanol–water partition coefficient (Wildman–Crippen LogP) is 3.17. The van der Waals surface area contributed by atoms with Gasteiger partial charge in [0.15, 0.2) is 4.67 Å². The van der Waals surface area contributed by atoms with Crippen molar-refractivity contribution < 1.29 is 18.9 Å². The molecule has 0 atom stereocenters. The molecule has 0 N–H and O–H groups in total. The van der Waals surface area contributed by atoms with Crippen LogP contribution in [0.3, 0.4) is 0 Å². The maximum Gasteiger partial charge on any atom is 0.379 e. The summed E-state index contributed by atoms with van der Waals surface area (Å²) in [6.07, 6.45) is 0. The van der Waals surface area contributed by atoms with E-state index in [2.05, 4.69) is 15.9 Å². The minimum absolute atomic E-state index is 0.00776. The van der Waals surface area contributed by atoms with E-state index in [1.54, 1.807) is 6.07 Å². The zero-order valence-electron chi connectivity index (χ0n) is 8.83. The Morgan fingerprint density at radius 1 is 1.33 bits per heavy atom. The fraction of sp³-hybridized carbons (Fsp3) is 0. The van der Waals surface area contributed by atoms with Crippen molar-refractivity contribution in [1.29, 1.82) is 0 Å². The highest BCUT2D eigenvalue weighted by Gasteiger charge is 2.14. The number of carbonyl (C=O) groups is 1. The van der Waals surface area contributed by atoms with Crippen molar-refractivity contribution >= 4 is 27.6 Å². The summed E-state index contributed by atoms with van der Waals surface area (Å²) >= 11 is 3.05. The van der Waals surface area contributed by atoms with Crippen LogP contribution in [0.1, 0.15) is 10.6 Å². The Bertz CT molecular complexity index is 607. The fourth-order valence-corrected chi connectivity index (χ4v) is 1.55. The van der Waals surface area contributed by atoms with E-state index < -0.39 is 10.9 Å². The Hall–Kier alpha value is -2.15. The molecule has 1 aromatic carbocycles. The molecule has 1 heterocycles. The second kappa shape index (κ2) is 5.01. The van der Waals surface area contributed by atoms with Crippen LogP contribution in [-0.4, -0.2) is 10.9 Å². The summed E-state index contributed by atoms with van der Waals surface area (Å²) in [5.41, 5.74) is -0.152. The molecule has 0 aliphatic carbocycles. The second-order valence-corrected chi connectivity index (χ2v) is 4.03. The van der Waals surface area contributed by atoms with Gasteiger partial charge in [0.1, 0.15) is 5.75 Å². The van der Waals surface area contributed by atoms with Crippen molar-refractivity contribution in [2.24, 2.45) is 0 Å². The number of benzene rings is 1. The molecular formula is C11H6BrNO5. The van der Waals surface area contributed by atoms with Gasteiger partial charge in [-0.25, -0.2) is 4.79 Å². The van der Waals surface area contributed by atoms with Gasteiger partial charge in [0.2, 0.25) is 5.76 Å². The van der Waals surface area contributed by atoms with Crippen LogP contribution in [-0.2, 0) is 0 Å². The lowest BCUT2D eigenvalue weighted by Crippen LogP contribution is -2.07. The Kier molecular flexibility index (Phi) is 3.42. The summed E-state index contributed by atoms with van der Waals surface area (Å²) < 4.78 is 10.3. The minimum atomic E-state index is -0.721. The van der Waals surface area contributed by atoms with Gasteiger partial charge in [0, 0.05) is 6.07 Å². The first-order chi connectivity index (χ1) is 8.56. The van der Waals surface area contributed by atoms with Crippen LogP contribution in [0.15, 0.2) is 45.5 Å². The number of non-ortho nitro benzene ring substituents is 1. The number of rotatable bonds is 3. The number of hydrogen-bond donors (Lipinski definition) is 0. The minimum Gasteiger partial charge on any atom is -0.442 e. The van der Waals surface area contributed by atoms with E-state index in [1.807, 2.05) is 0 Å². The maximum absolute atomic E-state index is 11.6. The Labute approximate surface area is 109 Å². The van der Waals surface area contributed by atoms with E-state index in [4.69, 9.17) is 9.15 Å². The zero-order valence-corrected chi connectivity index (χ0v) is 10.4. The SMILES string of the molecule is O=C(Oc1cccc([N+](=O)[O-])c1)c1ccc(Br)o1. The molecule has 0 unspecified atom stereocenters. The third kappa shape index (κ3) is 2.75. The summed E-state index contributed by atoms with van der Waals surface area (Å²) in [6, 6.07) is 8.33. The van der Waals surface area contributed by atoms with E-state index in [9.17, 15) is 14.9 Å². The molecule has 0 saturated carbocycles. The van der Waals surface area contributed by atoms with E-state index in [-0.39, 0.29) is 17.2 Å². The first-order valence-corrected chi connectivity index (χ1v) is 5.57. The third-order valence-electron chi connectivity index (χ3n) is 2.01. The molecule has 0 aliphatic heterocycles. The van der Waals surface area contributed by atoms with Gasteiger partial charge >= 0.3 is 5.97 Å². The zero-order chi connectivity index (χ0) is 13.1. The maximum atomic E-state index is 11.6. The van der Waals surface area contributed by atoms with Crippen molar-refractivity contribution in [3.63, 3.8) is 0 Å². The number of nitrogens with zero attached hydrogens (tertiary/aromatic N) is 1. The number of furan rings is 1. The highest BCUT2D eigenvalue weighted by Crippen LogP contribution is 2.21. The molecule has 6 nitrogen and oxygen atoms in total. The molecule has 0 saturated heterocycles. The normalized spacial score (nSPS) is 10.1. The van der Waals surface area contributed by atoms with E-state index in [1.165, 1.54) is 24.3 Å². The van der Waals surface area contributed by atoms with Crippen LogP contribution in [0, 0.1) is 10.1 Å². The van der Waals surface area contributed by atoms with Crippen molar-refractivity contribution in [3.05, 3.63) is 56.9 Å². The average molecular weight is 312 g/mol. The van der Waals surface area contributed by atoms with Crippen LogP contribution in [0.2, 0.25) is 0 Å². The van der Waals surface area contributed by atoms with Gasteiger partial charge in [0.05, 0.1) is 11.0 Å². The number of carbonyl (C=O) groups excluding carboxylic acids is 1. The highest BCUT2D eigenvalue weighted by molar-refractivity contribution is 9.10. The van der Waals surface area contributed by atoms with Gasteiger partial charge in [-0.3, -0.25) is 10.1 Å². The van der Waals surface area contributed by atoms with E-state index in [0.29, 0.717) is 4.67 Å². The number of nitro benzene ring substituents is 1. The van der Waals surface area contributed by atoms with Crippen LogP contribution in [0.25, 0.3) is 0 Å². The highest BCUT2D eigenvalue weighted by atomic mass is 79.9. The molecule has 0 fully saturated rings. The molecule has 7 heteroatoms. The summed E-state index contributed by atoms with van der Waals surface area (Å²) in [5.74, 6) is -0.628. The van der Waals surface area contributed by atoms with Crippen molar-refractivity contribution in [3.8, 4) is 5.75 Å². The Morgan fingerprint density at radius 3 is 2.72 bits per heavy atom. The van der Waals surface area contributed by atoms with Gasteiger partial charge in [-0.2, -0.15) is 0 Å². The third-order valence-corrected chi connectivity index (χ3v) is 2.44. The average Bonchev–Trinajstić information content (AvgIpc) is 2.76. The molecule has 0 radical (unpaired) electrons. The lowest BCUT2D eigenvalue weighted by atomic mass is 10.3. The van der Waals surface area contributed by atoms with E-state index >= 15 is 0 Å². The van der Waals surface area contributed by atoms with Gasteiger partial charge < -0.3 is 9.15 Å². The van der Waals surface area contributed by atoms with Crippen molar-refractivity contribution in [1.82, 2.24) is 0 Å². The Morgan fingerprint density at radius 2 is 2.11 bits per heavy atom. The molecule has 0 bridgehead atoms. The summed E-state index contributed by atoms with van der Waals surface area (Å²) in [6.45, 7) is 0.